The summed E-state index contributed by atoms with van der Waals surface area (Å²) in [4.78, 5) is 14.6. The summed E-state index contributed by atoms with van der Waals surface area (Å²) < 4.78 is 18.5. The molecule has 30 heavy (non-hydrogen) atoms. The number of methoxy groups -OCH3 is 1. The topological polar surface area (TPSA) is 67.3 Å². The standard InChI is InChI=1S/C23H23FN4O2/c1-30-21-7-3-2-6-19(21)20-12-13-22(27-26-20)28-14-4-5-18(15-28)25-23(29)16-8-10-17(24)11-9-16/h2-3,6-13,18H,4-5,14-15H2,1H3,(H,25,29). The van der Waals surface area contributed by atoms with Crippen LogP contribution in [0.3, 0.4) is 0 Å². The van der Waals surface area contributed by atoms with Gasteiger partial charge in [-0.2, -0.15) is 0 Å². The molecule has 0 spiro atoms. The summed E-state index contributed by atoms with van der Waals surface area (Å²) in [6.07, 6.45) is 1.82. The first kappa shape index (κ1) is 19.8. The molecule has 1 N–H and O–H groups in total. The molecule has 2 heterocycles. The van der Waals surface area contributed by atoms with E-state index in [1.807, 2.05) is 36.4 Å². The second-order valence-corrected chi connectivity index (χ2v) is 7.24. The summed E-state index contributed by atoms with van der Waals surface area (Å²) in [5, 5.41) is 11.8. The van der Waals surface area contributed by atoms with E-state index < -0.39 is 0 Å². The van der Waals surface area contributed by atoms with E-state index in [4.69, 9.17) is 4.74 Å². The first-order valence-corrected chi connectivity index (χ1v) is 9.92. The third-order valence-corrected chi connectivity index (χ3v) is 5.22. The Bertz CT molecular complexity index is 1010. The molecule has 0 saturated carbocycles. The second-order valence-electron chi connectivity index (χ2n) is 7.24. The van der Waals surface area contributed by atoms with Crippen molar-refractivity contribution in [1.29, 1.82) is 0 Å². The van der Waals surface area contributed by atoms with Crippen LogP contribution in [0, 0.1) is 5.82 Å². The van der Waals surface area contributed by atoms with Gasteiger partial charge in [0.25, 0.3) is 5.91 Å². The molecule has 0 aliphatic carbocycles. The number of hydrogen-bond acceptors (Lipinski definition) is 5. The number of ether oxygens (including phenoxy) is 1. The van der Waals surface area contributed by atoms with Crippen LogP contribution in [0.25, 0.3) is 11.3 Å². The van der Waals surface area contributed by atoms with Crippen molar-refractivity contribution in [3.63, 3.8) is 0 Å². The summed E-state index contributed by atoms with van der Waals surface area (Å²) in [6, 6.07) is 17.1. The van der Waals surface area contributed by atoms with Gasteiger partial charge in [0.2, 0.25) is 0 Å². The highest BCUT2D eigenvalue weighted by Gasteiger charge is 2.23. The van der Waals surface area contributed by atoms with Crippen LogP contribution in [0.15, 0.2) is 60.7 Å². The lowest BCUT2D eigenvalue weighted by Crippen LogP contribution is -2.48. The van der Waals surface area contributed by atoms with Crippen molar-refractivity contribution in [2.24, 2.45) is 0 Å². The van der Waals surface area contributed by atoms with Crippen molar-refractivity contribution >= 4 is 11.7 Å². The van der Waals surface area contributed by atoms with Gasteiger partial charge < -0.3 is 15.0 Å². The highest BCUT2D eigenvalue weighted by molar-refractivity contribution is 5.94. The predicted octanol–water partition coefficient (Wildman–Crippen LogP) is 3.69. The fraction of sp³-hybridized carbons (Fsp3) is 0.261. The SMILES string of the molecule is COc1ccccc1-c1ccc(N2CCCC(NC(=O)c3ccc(F)cc3)C2)nn1. The van der Waals surface area contributed by atoms with Gasteiger partial charge in [-0.15, -0.1) is 10.2 Å². The van der Waals surface area contributed by atoms with Crippen molar-refractivity contribution in [1.82, 2.24) is 15.5 Å². The molecule has 2 aromatic carbocycles. The molecule has 1 aromatic heterocycles. The summed E-state index contributed by atoms with van der Waals surface area (Å²) in [7, 11) is 1.63. The van der Waals surface area contributed by atoms with Crippen molar-refractivity contribution in [2.45, 2.75) is 18.9 Å². The zero-order valence-electron chi connectivity index (χ0n) is 16.7. The molecule has 1 fully saturated rings. The average Bonchev–Trinajstić information content (AvgIpc) is 2.80. The second kappa shape index (κ2) is 8.90. The van der Waals surface area contributed by atoms with Crippen molar-refractivity contribution in [3.05, 3.63) is 72.0 Å². The Hall–Kier alpha value is -3.48. The number of carbonyl (C=O) groups excluding carboxylic acids is 1. The third kappa shape index (κ3) is 4.40. The van der Waals surface area contributed by atoms with Crippen molar-refractivity contribution in [2.75, 3.05) is 25.1 Å². The number of hydrogen-bond donors (Lipinski definition) is 1. The molecule has 1 unspecified atom stereocenters. The number of aromatic nitrogens is 2. The number of piperidine rings is 1. The Morgan fingerprint density at radius 3 is 2.63 bits per heavy atom. The van der Waals surface area contributed by atoms with Gasteiger partial charge in [-0.25, -0.2) is 4.39 Å². The fourth-order valence-corrected chi connectivity index (χ4v) is 3.67. The minimum absolute atomic E-state index is 0.00741. The number of para-hydroxylation sites is 1. The quantitative estimate of drug-likeness (QED) is 0.700. The normalized spacial score (nSPS) is 16.2. The minimum Gasteiger partial charge on any atom is -0.496 e. The van der Waals surface area contributed by atoms with E-state index in [1.165, 1.54) is 24.3 Å². The number of rotatable bonds is 5. The number of nitrogens with zero attached hydrogens (tertiary/aromatic N) is 3. The van der Waals surface area contributed by atoms with E-state index in [1.54, 1.807) is 7.11 Å². The van der Waals surface area contributed by atoms with Gasteiger partial charge in [0, 0.05) is 30.3 Å². The molecule has 7 heteroatoms. The Labute approximate surface area is 174 Å². The van der Waals surface area contributed by atoms with E-state index in [0.29, 0.717) is 12.1 Å². The maximum Gasteiger partial charge on any atom is 0.251 e. The van der Waals surface area contributed by atoms with Gasteiger partial charge in [-0.1, -0.05) is 12.1 Å². The van der Waals surface area contributed by atoms with Crippen LogP contribution in [0.5, 0.6) is 5.75 Å². The number of benzene rings is 2. The molecular weight excluding hydrogens is 383 g/mol. The molecule has 3 aromatic rings. The van der Waals surface area contributed by atoms with Gasteiger partial charge in [-0.05, 0) is 61.4 Å². The average molecular weight is 406 g/mol. The predicted molar refractivity (Wildman–Crippen MR) is 113 cm³/mol. The van der Waals surface area contributed by atoms with Crippen LogP contribution in [-0.4, -0.2) is 42.3 Å². The highest BCUT2D eigenvalue weighted by Crippen LogP contribution is 2.28. The third-order valence-electron chi connectivity index (χ3n) is 5.22. The first-order chi connectivity index (χ1) is 14.6. The molecule has 154 valence electrons. The number of anilines is 1. The Morgan fingerprint density at radius 1 is 1.10 bits per heavy atom. The monoisotopic (exact) mass is 406 g/mol. The van der Waals surface area contributed by atoms with Crippen LogP contribution in [0.1, 0.15) is 23.2 Å². The van der Waals surface area contributed by atoms with Gasteiger partial charge in [0.05, 0.1) is 12.8 Å². The molecular formula is C23H23FN4O2. The van der Waals surface area contributed by atoms with Crippen LogP contribution in [-0.2, 0) is 0 Å². The van der Waals surface area contributed by atoms with Gasteiger partial charge >= 0.3 is 0 Å². The first-order valence-electron chi connectivity index (χ1n) is 9.92. The maximum atomic E-state index is 13.1. The lowest BCUT2D eigenvalue weighted by Gasteiger charge is -2.33. The van der Waals surface area contributed by atoms with Gasteiger partial charge in [0.15, 0.2) is 5.82 Å². The summed E-state index contributed by atoms with van der Waals surface area (Å²) in [5.74, 6) is 0.973. The number of halogens is 1. The molecule has 4 rings (SSSR count). The van der Waals surface area contributed by atoms with E-state index in [9.17, 15) is 9.18 Å². The van der Waals surface area contributed by atoms with E-state index >= 15 is 0 Å². The van der Waals surface area contributed by atoms with E-state index in [2.05, 4.69) is 20.4 Å². The molecule has 1 atom stereocenters. The summed E-state index contributed by atoms with van der Waals surface area (Å²) in [5.41, 5.74) is 2.09. The van der Waals surface area contributed by atoms with Gasteiger partial charge in [-0.3, -0.25) is 4.79 Å². The molecule has 1 saturated heterocycles. The van der Waals surface area contributed by atoms with Crippen molar-refractivity contribution in [3.8, 4) is 17.0 Å². The van der Waals surface area contributed by atoms with Crippen molar-refractivity contribution < 1.29 is 13.9 Å². The number of nitrogens with one attached hydrogen (secondary N) is 1. The Morgan fingerprint density at radius 2 is 1.90 bits per heavy atom. The molecule has 0 radical (unpaired) electrons. The Balaban J connectivity index is 1.43. The largest absolute Gasteiger partial charge is 0.496 e. The maximum absolute atomic E-state index is 13.1. The number of amides is 1. The molecule has 0 bridgehead atoms. The summed E-state index contributed by atoms with van der Waals surface area (Å²) >= 11 is 0. The molecule has 6 nitrogen and oxygen atoms in total. The van der Waals surface area contributed by atoms with Gasteiger partial charge in [0.1, 0.15) is 11.6 Å². The van der Waals surface area contributed by atoms with E-state index in [-0.39, 0.29) is 17.8 Å². The number of carbonyl (C=O) groups is 1. The van der Waals surface area contributed by atoms with Crippen LogP contribution < -0.4 is 15.0 Å². The smallest absolute Gasteiger partial charge is 0.251 e. The molecule has 1 amide bonds. The minimum atomic E-state index is -0.356. The van der Waals surface area contributed by atoms with Crippen LogP contribution >= 0.6 is 0 Å². The zero-order chi connectivity index (χ0) is 20.9. The molecule has 1 aliphatic rings. The van der Waals surface area contributed by atoms with Crippen LogP contribution in [0.4, 0.5) is 10.2 Å². The lowest BCUT2D eigenvalue weighted by atomic mass is 10.0. The van der Waals surface area contributed by atoms with Crippen LogP contribution in [0.2, 0.25) is 0 Å². The molecule has 1 aliphatic heterocycles. The Kier molecular flexibility index (Phi) is 5.88. The highest BCUT2D eigenvalue weighted by atomic mass is 19.1. The zero-order valence-corrected chi connectivity index (χ0v) is 16.7. The summed E-state index contributed by atoms with van der Waals surface area (Å²) in [6.45, 7) is 1.50. The van der Waals surface area contributed by atoms with E-state index in [0.717, 1.165) is 42.2 Å². The lowest BCUT2D eigenvalue weighted by molar-refractivity contribution is 0.0933. The fourth-order valence-electron chi connectivity index (χ4n) is 3.67.